The van der Waals surface area contributed by atoms with Crippen LogP contribution in [0.2, 0.25) is 0 Å². The maximum atomic E-state index is 8.29. The first kappa shape index (κ1) is 10.4. The minimum Gasteiger partial charge on any atom is -0.338 e. The van der Waals surface area contributed by atoms with E-state index in [2.05, 4.69) is 10.1 Å². The lowest BCUT2D eigenvalue weighted by molar-refractivity contribution is 0.386. The highest BCUT2D eigenvalue weighted by Crippen LogP contribution is 2.11. The topological polar surface area (TPSA) is 62.7 Å². The summed E-state index contributed by atoms with van der Waals surface area (Å²) in [6, 6.07) is 2.04. The van der Waals surface area contributed by atoms with E-state index in [-0.39, 0.29) is 0 Å². The second-order valence-corrected chi connectivity index (χ2v) is 4.04. The molecule has 0 saturated carbocycles. The molecule has 70 valence electrons. The van der Waals surface area contributed by atoms with E-state index in [0.29, 0.717) is 17.4 Å². The van der Waals surface area contributed by atoms with Crippen molar-refractivity contribution in [2.75, 3.05) is 12.0 Å². The Balaban J connectivity index is 2.36. The van der Waals surface area contributed by atoms with Crippen LogP contribution in [0.15, 0.2) is 4.52 Å². The molecule has 1 aromatic heterocycles. The largest absolute Gasteiger partial charge is 0.338 e. The highest BCUT2D eigenvalue weighted by Gasteiger charge is 2.04. The Kier molecular flexibility index (Phi) is 4.72. The van der Waals surface area contributed by atoms with Crippen LogP contribution in [0.3, 0.4) is 0 Å². The Hall–Kier alpha value is -0.670. The Bertz CT molecular complexity index is 294. The van der Waals surface area contributed by atoms with Gasteiger partial charge in [0, 0.05) is 0 Å². The monoisotopic (exact) mass is 215 g/mol. The van der Waals surface area contributed by atoms with Crippen LogP contribution in [-0.2, 0) is 11.5 Å². The summed E-state index contributed by atoms with van der Waals surface area (Å²) in [5.41, 5.74) is 0. The van der Waals surface area contributed by atoms with Gasteiger partial charge in [0.2, 0.25) is 5.89 Å². The van der Waals surface area contributed by atoms with Crippen LogP contribution in [0.25, 0.3) is 0 Å². The number of hydrogen-bond donors (Lipinski definition) is 0. The second-order valence-electron chi connectivity index (χ2n) is 2.19. The van der Waals surface area contributed by atoms with Gasteiger partial charge in [0.1, 0.15) is 0 Å². The van der Waals surface area contributed by atoms with Gasteiger partial charge in [-0.15, -0.1) is 11.8 Å². The van der Waals surface area contributed by atoms with Crippen molar-refractivity contribution >= 4 is 23.5 Å². The summed E-state index contributed by atoms with van der Waals surface area (Å²) in [4.78, 5) is 4.14. The molecule has 13 heavy (non-hydrogen) atoms. The molecule has 4 nitrogen and oxygen atoms in total. The highest BCUT2D eigenvalue weighted by atomic mass is 32.2. The molecule has 1 heterocycles. The molecule has 0 fully saturated rings. The Morgan fingerprint density at radius 2 is 2.38 bits per heavy atom. The summed E-state index contributed by atoms with van der Waals surface area (Å²) < 4.78 is 4.96. The molecule has 0 aliphatic rings. The lowest BCUT2D eigenvalue weighted by Gasteiger charge is -1.87. The van der Waals surface area contributed by atoms with Gasteiger partial charge in [-0.2, -0.15) is 22.0 Å². The van der Waals surface area contributed by atoms with Gasteiger partial charge in [-0.1, -0.05) is 5.16 Å². The van der Waals surface area contributed by atoms with Crippen molar-refractivity contribution < 1.29 is 4.52 Å². The van der Waals surface area contributed by atoms with E-state index in [0.717, 1.165) is 11.6 Å². The van der Waals surface area contributed by atoms with Crippen molar-refractivity contribution in [1.29, 1.82) is 5.26 Å². The molecule has 0 unspecified atom stereocenters. The fraction of sp³-hybridized carbons (Fsp3) is 0.571. The Labute approximate surface area is 85.1 Å². The minimum atomic E-state index is 0.459. The van der Waals surface area contributed by atoms with Gasteiger partial charge in [0.05, 0.1) is 23.3 Å². The van der Waals surface area contributed by atoms with Gasteiger partial charge in [0.25, 0.3) is 0 Å². The third kappa shape index (κ3) is 3.70. The molecule has 0 N–H and O–H groups in total. The summed E-state index contributed by atoms with van der Waals surface area (Å²) in [7, 11) is 0. The van der Waals surface area contributed by atoms with Crippen LogP contribution >= 0.6 is 23.5 Å². The Morgan fingerprint density at radius 3 is 3.08 bits per heavy atom. The first-order valence-corrected chi connectivity index (χ1v) is 6.16. The van der Waals surface area contributed by atoms with E-state index in [1.807, 2.05) is 12.3 Å². The molecule has 0 amide bonds. The van der Waals surface area contributed by atoms with E-state index < -0.39 is 0 Å². The van der Waals surface area contributed by atoms with Crippen molar-refractivity contribution in [1.82, 2.24) is 10.1 Å². The first-order valence-electron chi connectivity index (χ1n) is 3.62. The normalized spacial score (nSPS) is 9.85. The second kappa shape index (κ2) is 5.89. The van der Waals surface area contributed by atoms with Gasteiger partial charge in [0.15, 0.2) is 5.82 Å². The fourth-order valence-electron chi connectivity index (χ4n) is 0.720. The standard InChI is InChI=1S/C7H9N3OS2/c1-12-4-6-9-7(11-10-6)5-13-3-2-8/h3-5H2,1H3. The van der Waals surface area contributed by atoms with E-state index in [9.17, 15) is 0 Å². The molecule has 0 aromatic carbocycles. The van der Waals surface area contributed by atoms with E-state index in [4.69, 9.17) is 9.78 Å². The molecule has 1 aromatic rings. The summed E-state index contributed by atoms with van der Waals surface area (Å²) in [5, 5.41) is 12.1. The van der Waals surface area contributed by atoms with Crippen LogP contribution in [0.5, 0.6) is 0 Å². The molecule has 0 aliphatic heterocycles. The first-order chi connectivity index (χ1) is 6.36. The summed E-state index contributed by atoms with van der Waals surface area (Å²) in [6.45, 7) is 0. The molecule has 0 saturated heterocycles. The molecular weight excluding hydrogens is 206 g/mol. The third-order valence-corrected chi connectivity index (χ3v) is 2.51. The van der Waals surface area contributed by atoms with Crippen molar-refractivity contribution in [2.45, 2.75) is 11.5 Å². The van der Waals surface area contributed by atoms with E-state index in [1.54, 1.807) is 11.8 Å². The predicted molar refractivity (Wildman–Crippen MR) is 53.3 cm³/mol. The number of aromatic nitrogens is 2. The minimum absolute atomic E-state index is 0.459. The SMILES string of the molecule is CSCc1noc(CSCC#N)n1. The van der Waals surface area contributed by atoms with Crippen molar-refractivity contribution in [3.63, 3.8) is 0 Å². The zero-order chi connectivity index (χ0) is 9.52. The van der Waals surface area contributed by atoms with Crippen LogP contribution in [0.4, 0.5) is 0 Å². The van der Waals surface area contributed by atoms with Crippen molar-refractivity contribution in [3.05, 3.63) is 11.7 Å². The number of thioether (sulfide) groups is 2. The average molecular weight is 215 g/mol. The lowest BCUT2D eigenvalue weighted by Crippen LogP contribution is -1.84. The number of rotatable bonds is 5. The van der Waals surface area contributed by atoms with Crippen LogP contribution in [0.1, 0.15) is 11.7 Å². The number of nitriles is 1. The fourth-order valence-corrected chi connectivity index (χ4v) is 1.58. The molecule has 6 heteroatoms. The summed E-state index contributed by atoms with van der Waals surface area (Å²) in [5.74, 6) is 3.17. The van der Waals surface area contributed by atoms with Crippen molar-refractivity contribution in [2.24, 2.45) is 0 Å². The van der Waals surface area contributed by atoms with Gasteiger partial charge in [-0.3, -0.25) is 0 Å². The number of nitrogens with zero attached hydrogens (tertiary/aromatic N) is 3. The molecule has 0 radical (unpaired) electrons. The molecule has 0 aliphatic carbocycles. The summed E-state index contributed by atoms with van der Waals surface area (Å²) >= 11 is 3.13. The smallest absolute Gasteiger partial charge is 0.236 e. The van der Waals surface area contributed by atoms with Crippen LogP contribution < -0.4 is 0 Å². The van der Waals surface area contributed by atoms with Gasteiger partial charge in [-0.05, 0) is 6.26 Å². The van der Waals surface area contributed by atoms with E-state index >= 15 is 0 Å². The van der Waals surface area contributed by atoms with Gasteiger partial charge < -0.3 is 4.52 Å². The lowest BCUT2D eigenvalue weighted by atomic mass is 10.7. The van der Waals surface area contributed by atoms with Crippen molar-refractivity contribution in [3.8, 4) is 6.07 Å². The maximum Gasteiger partial charge on any atom is 0.236 e. The average Bonchev–Trinajstić information content (AvgIpc) is 2.54. The molecular formula is C7H9N3OS2. The molecule has 1 rings (SSSR count). The molecule has 0 bridgehead atoms. The quantitative estimate of drug-likeness (QED) is 0.696. The zero-order valence-corrected chi connectivity index (χ0v) is 8.82. The third-order valence-electron chi connectivity index (χ3n) is 1.18. The Morgan fingerprint density at radius 1 is 1.54 bits per heavy atom. The van der Waals surface area contributed by atoms with Crippen LogP contribution in [-0.4, -0.2) is 22.1 Å². The summed E-state index contributed by atoms with van der Waals surface area (Å²) in [6.07, 6.45) is 1.99. The predicted octanol–water partition coefficient (Wildman–Crippen LogP) is 1.69. The van der Waals surface area contributed by atoms with Gasteiger partial charge in [-0.25, -0.2) is 0 Å². The van der Waals surface area contributed by atoms with Crippen LogP contribution in [0, 0.1) is 11.3 Å². The number of hydrogen-bond acceptors (Lipinski definition) is 6. The van der Waals surface area contributed by atoms with Gasteiger partial charge >= 0.3 is 0 Å². The maximum absolute atomic E-state index is 8.29. The molecule has 0 spiro atoms. The highest BCUT2D eigenvalue weighted by molar-refractivity contribution is 7.98. The molecule has 0 atom stereocenters. The zero-order valence-electron chi connectivity index (χ0n) is 7.19. The van der Waals surface area contributed by atoms with E-state index in [1.165, 1.54) is 11.8 Å².